The Labute approximate surface area is 139 Å². The van der Waals surface area contributed by atoms with Crippen molar-refractivity contribution in [3.05, 3.63) is 44.6 Å². The summed E-state index contributed by atoms with van der Waals surface area (Å²) in [7, 11) is 0. The molecule has 22 heavy (non-hydrogen) atoms. The second-order valence-corrected chi connectivity index (χ2v) is 6.87. The molecular weight excluding hydrogens is 322 g/mol. The maximum atomic E-state index is 11.8. The van der Waals surface area contributed by atoms with Gasteiger partial charge in [-0.15, -0.1) is 11.8 Å². The lowest BCUT2D eigenvalue weighted by molar-refractivity contribution is -0.139. The van der Waals surface area contributed by atoms with Crippen molar-refractivity contribution in [1.82, 2.24) is 5.43 Å². The van der Waals surface area contributed by atoms with Crippen molar-refractivity contribution in [3.8, 4) is 0 Å². The minimum absolute atomic E-state index is 0.108. The molecule has 0 aromatic heterocycles. The van der Waals surface area contributed by atoms with Crippen LogP contribution in [-0.2, 0) is 22.4 Å². The highest BCUT2D eigenvalue weighted by molar-refractivity contribution is 8.03. The number of hydrazine groups is 1. The average Bonchev–Trinajstić information content (AvgIpc) is 2.81. The van der Waals surface area contributed by atoms with Crippen molar-refractivity contribution >= 4 is 29.3 Å². The molecule has 7 heteroatoms. The summed E-state index contributed by atoms with van der Waals surface area (Å²) in [5, 5.41) is 1.39. The van der Waals surface area contributed by atoms with Crippen LogP contribution in [0.1, 0.15) is 23.6 Å². The maximum absolute atomic E-state index is 11.8. The molecule has 0 saturated heterocycles. The van der Waals surface area contributed by atoms with Gasteiger partial charge in [-0.1, -0.05) is 17.7 Å². The van der Waals surface area contributed by atoms with Crippen molar-refractivity contribution in [3.63, 3.8) is 0 Å². The fourth-order valence-electron chi connectivity index (χ4n) is 2.48. The van der Waals surface area contributed by atoms with E-state index in [4.69, 9.17) is 27.9 Å². The van der Waals surface area contributed by atoms with Crippen LogP contribution in [0.2, 0.25) is 5.02 Å². The number of hydrogen-bond acceptors (Lipinski definition) is 6. The van der Waals surface area contributed by atoms with Gasteiger partial charge in [0.2, 0.25) is 0 Å². The van der Waals surface area contributed by atoms with Gasteiger partial charge in [0, 0.05) is 10.3 Å². The van der Waals surface area contributed by atoms with Crippen molar-refractivity contribution in [2.45, 2.75) is 31.9 Å². The third-order valence-electron chi connectivity index (χ3n) is 3.54. The summed E-state index contributed by atoms with van der Waals surface area (Å²) in [4.78, 5) is 11.8. The van der Waals surface area contributed by atoms with Crippen LogP contribution in [0.15, 0.2) is 22.9 Å². The molecule has 1 aromatic carbocycles. The summed E-state index contributed by atoms with van der Waals surface area (Å²) < 4.78 is 4.92. The monoisotopic (exact) mass is 341 g/mol. The Morgan fingerprint density at radius 1 is 1.45 bits per heavy atom. The summed E-state index contributed by atoms with van der Waals surface area (Å²) in [6.45, 7) is 4.00. The standard InChI is InChI=1S/C15H20ClN3O2S/c1-3-21-15(20)13(19-18)14(17)22-11-5-9-4-8(2)12(16)7-10(9)6-11/h4,7,11,19H,3,5-6,17-18H2,1-2H3/b14-13+. The number of ether oxygens (including phenoxy) is 1. The first-order valence-electron chi connectivity index (χ1n) is 7.04. The van der Waals surface area contributed by atoms with Gasteiger partial charge in [-0.25, -0.2) is 4.79 Å². The lowest BCUT2D eigenvalue weighted by Crippen LogP contribution is -2.31. The predicted molar refractivity (Wildman–Crippen MR) is 90.1 cm³/mol. The molecule has 0 amide bonds. The third-order valence-corrected chi connectivity index (χ3v) is 5.07. The second-order valence-electron chi connectivity index (χ2n) is 5.12. The fraction of sp³-hybridized carbons (Fsp3) is 0.400. The number of esters is 1. The normalized spacial score (nSPS) is 17.7. The number of hydrogen-bond donors (Lipinski definition) is 3. The first-order chi connectivity index (χ1) is 10.5. The first kappa shape index (κ1) is 17.0. The molecule has 120 valence electrons. The molecule has 5 nitrogen and oxygen atoms in total. The maximum Gasteiger partial charge on any atom is 0.358 e. The van der Waals surface area contributed by atoms with Crippen LogP contribution >= 0.6 is 23.4 Å². The summed E-state index contributed by atoms with van der Waals surface area (Å²) in [5.41, 5.74) is 12.0. The number of benzene rings is 1. The molecule has 0 radical (unpaired) electrons. The largest absolute Gasteiger partial charge is 0.461 e. The summed E-state index contributed by atoms with van der Waals surface area (Å²) in [6, 6.07) is 4.13. The molecule has 1 aromatic rings. The van der Waals surface area contributed by atoms with E-state index in [0.29, 0.717) is 5.03 Å². The number of carbonyl (C=O) groups is 1. The lowest BCUT2D eigenvalue weighted by Gasteiger charge is -2.13. The van der Waals surface area contributed by atoms with E-state index in [-0.39, 0.29) is 17.6 Å². The van der Waals surface area contributed by atoms with Crippen molar-refractivity contribution < 1.29 is 9.53 Å². The Bertz CT molecular complexity index is 588. The molecule has 1 aliphatic rings. The number of fused-ring (bicyclic) bond motifs is 1. The molecule has 0 bridgehead atoms. The molecule has 0 aliphatic heterocycles. The van der Waals surface area contributed by atoms with E-state index in [1.807, 2.05) is 13.0 Å². The number of aryl methyl sites for hydroxylation is 1. The van der Waals surface area contributed by atoms with Gasteiger partial charge in [0.1, 0.15) is 0 Å². The Morgan fingerprint density at radius 3 is 2.68 bits per heavy atom. The van der Waals surface area contributed by atoms with Gasteiger partial charge >= 0.3 is 5.97 Å². The molecule has 0 heterocycles. The molecule has 1 atom stereocenters. The quantitative estimate of drug-likeness (QED) is 0.328. The van der Waals surface area contributed by atoms with Crippen molar-refractivity contribution in [2.75, 3.05) is 6.61 Å². The zero-order valence-electron chi connectivity index (χ0n) is 12.6. The SMILES string of the molecule is CCOC(=O)/C(NN)=C(/N)SC1Cc2cc(C)c(Cl)cc2C1. The number of halogens is 1. The minimum Gasteiger partial charge on any atom is -0.461 e. The summed E-state index contributed by atoms with van der Waals surface area (Å²) in [6.07, 6.45) is 1.75. The fourth-order valence-corrected chi connectivity index (χ4v) is 3.81. The van der Waals surface area contributed by atoms with E-state index in [1.165, 1.54) is 22.9 Å². The second kappa shape index (κ2) is 7.26. The van der Waals surface area contributed by atoms with Gasteiger partial charge in [0.05, 0.1) is 11.6 Å². The van der Waals surface area contributed by atoms with Gasteiger partial charge in [-0.3, -0.25) is 5.84 Å². The number of carbonyl (C=O) groups excluding carboxylic acids is 1. The van der Waals surface area contributed by atoms with Crippen LogP contribution in [0.3, 0.4) is 0 Å². The molecule has 0 fully saturated rings. The van der Waals surface area contributed by atoms with Crippen LogP contribution < -0.4 is 17.0 Å². The summed E-state index contributed by atoms with van der Waals surface area (Å²) >= 11 is 7.60. The first-order valence-corrected chi connectivity index (χ1v) is 8.30. The Kier molecular flexibility index (Phi) is 5.61. The van der Waals surface area contributed by atoms with Crippen LogP contribution in [0.4, 0.5) is 0 Å². The van der Waals surface area contributed by atoms with Crippen molar-refractivity contribution in [2.24, 2.45) is 11.6 Å². The predicted octanol–water partition coefficient (Wildman–Crippen LogP) is 2.00. The summed E-state index contributed by atoms with van der Waals surface area (Å²) in [5.74, 6) is 4.85. The number of thioether (sulfide) groups is 1. The average molecular weight is 342 g/mol. The molecule has 1 unspecified atom stereocenters. The zero-order chi connectivity index (χ0) is 16.3. The number of nitrogens with two attached hydrogens (primary N) is 2. The van der Waals surface area contributed by atoms with Crippen LogP contribution in [0.5, 0.6) is 0 Å². The zero-order valence-corrected chi connectivity index (χ0v) is 14.2. The van der Waals surface area contributed by atoms with Gasteiger partial charge in [-0.2, -0.15) is 0 Å². The third kappa shape index (κ3) is 3.69. The molecular formula is C15H20ClN3O2S. The number of rotatable bonds is 5. The van der Waals surface area contributed by atoms with Crippen LogP contribution in [-0.4, -0.2) is 17.8 Å². The molecule has 2 rings (SSSR count). The van der Waals surface area contributed by atoms with E-state index < -0.39 is 5.97 Å². The van der Waals surface area contributed by atoms with Crippen LogP contribution in [0, 0.1) is 6.92 Å². The van der Waals surface area contributed by atoms with E-state index >= 15 is 0 Å². The van der Waals surface area contributed by atoms with Gasteiger partial charge in [0.25, 0.3) is 0 Å². The number of nitrogens with one attached hydrogen (secondary N) is 1. The minimum atomic E-state index is -0.538. The smallest absolute Gasteiger partial charge is 0.358 e. The van der Waals surface area contributed by atoms with Crippen LogP contribution in [0.25, 0.3) is 0 Å². The van der Waals surface area contributed by atoms with E-state index in [9.17, 15) is 4.79 Å². The van der Waals surface area contributed by atoms with E-state index in [2.05, 4.69) is 11.5 Å². The molecule has 0 saturated carbocycles. The highest BCUT2D eigenvalue weighted by atomic mass is 35.5. The highest BCUT2D eigenvalue weighted by Gasteiger charge is 2.25. The topological polar surface area (TPSA) is 90.4 Å². The van der Waals surface area contributed by atoms with Crippen molar-refractivity contribution in [1.29, 1.82) is 0 Å². The Morgan fingerprint density at radius 2 is 2.09 bits per heavy atom. The lowest BCUT2D eigenvalue weighted by atomic mass is 10.1. The van der Waals surface area contributed by atoms with Gasteiger partial charge < -0.3 is 15.9 Å². The molecule has 1 aliphatic carbocycles. The van der Waals surface area contributed by atoms with Gasteiger partial charge in [0.15, 0.2) is 5.70 Å². The molecule has 5 N–H and O–H groups in total. The molecule has 0 spiro atoms. The van der Waals surface area contributed by atoms with Gasteiger partial charge in [-0.05, 0) is 49.4 Å². The van der Waals surface area contributed by atoms with E-state index in [0.717, 1.165) is 23.4 Å². The Balaban J connectivity index is 2.10. The van der Waals surface area contributed by atoms with E-state index in [1.54, 1.807) is 6.92 Å². The highest BCUT2D eigenvalue weighted by Crippen LogP contribution is 2.35. The Hall–Kier alpha value is -1.37.